The van der Waals surface area contributed by atoms with Gasteiger partial charge in [-0.3, -0.25) is 9.98 Å². The number of aliphatic imine (C=N–C) groups is 1. The zero-order valence-electron chi connectivity index (χ0n) is 17.0. The van der Waals surface area contributed by atoms with Crippen LogP contribution in [0.2, 0.25) is 0 Å². The van der Waals surface area contributed by atoms with Crippen LogP contribution in [0, 0.1) is 5.92 Å². The number of pyridine rings is 1. The van der Waals surface area contributed by atoms with Gasteiger partial charge in [0, 0.05) is 56.0 Å². The summed E-state index contributed by atoms with van der Waals surface area (Å²) in [5, 5.41) is 3.57. The second kappa shape index (κ2) is 10.3. The summed E-state index contributed by atoms with van der Waals surface area (Å²) < 4.78 is 15.1. The first-order valence-electron chi connectivity index (χ1n) is 9.84. The van der Waals surface area contributed by atoms with Gasteiger partial charge in [0.15, 0.2) is 0 Å². The van der Waals surface area contributed by atoms with Crippen LogP contribution >= 0.6 is 15.9 Å². The van der Waals surface area contributed by atoms with Crippen molar-refractivity contribution in [3.63, 3.8) is 0 Å². The Morgan fingerprint density at radius 3 is 2.86 bits per heavy atom. The van der Waals surface area contributed by atoms with Gasteiger partial charge in [0.2, 0.25) is 0 Å². The molecule has 8 heteroatoms. The van der Waals surface area contributed by atoms with Crippen LogP contribution in [0.5, 0.6) is 0 Å². The number of allylic oxidation sites excluding steroid dienone is 3. The van der Waals surface area contributed by atoms with Crippen LogP contribution in [0.3, 0.4) is 0 Å². The lowest BCUT2D eigenvalue weighted by molar-refractivity contribution is 0.301. The highest BCUT2D eigenvalue weighted by molar-refractivity contribution is 9.11. The van der Waals surface area contributed by atoms with Gasteiger partial charge >= 0.3 is 0 Å². The Kier molecular flexibility index (Phi) is 7.80. The van der Waals surface area contributed by atoms with Crippen molar-refractivity contribution in [3.05, 3.63) is 64.8 Å². The van der Waals surface area contributed by atoms with E-state index in [-0.39, 0.29) is 0 Å². The van der Waals surface area contributed by atoms with E-state index in [4.69, 9.17) is 4.99 Å². The van der Waals surface area contributed by atoms with Crippen molar-refractivity contribution in [1.82, 2.24) is 19.5 Å². The highest BCUT2D eigenvalue weighted by Crippen LogP contribution is 2.29. The molecule has 3 rings (SSSR count). The quantitative estimate of drug-likeness (QED) is 0.680. The monoisotopic (exact) mass is 477 g/mol. The third-order valence-corrected chi connectivity index (χ3v) is 7.34. The lowest BCUT2D eigenvalue weighted by Crippen LogP contribution is -2.43. The van der Waals surface area contributed by atoms with Crippen molar-refractivity contribution in [2.75, 3.05) is 25.9 Å². The molecule has 0 bridgehead atoms. The van der Waals surface area contributed by atoms with Gasteiger partial charge in [0.1, 0.15) is 11.7 Å². The fraction of sp³-hybridized carbons (Fsp3) is 0.429. The molecule has 6 nitrogen and oxygen atoms in total. The molecule has 1 atom stereocenters. The molecule has 0 aromatic carbocycles. The summed E-state index contributed by atoms with van der Waals surface area (Å²) in [4.78, 5) is 11.0. The van der Waals surface area contributed by atoms with Gasteiger partial charge in [-0.25, -0.2) is 8.51 Å². The van der Waals surface area contributed by atoms with Crippen molar-refractivity contribution in [3.8, 4) is 0 Å². The number of nitrogens with zero attached hydrogens (tertiary/aromatic N) is 4. The zero-order valence-corrected chi connectivity index (χ0v) is 19.4. The maximum atomic E-state index is 12.1. The Balaban J connectivity index is 1.83. The van der Waals surface area contributed by atoms with Crippen molar-refractivity contribution in [1.29, 1.82) is 0 Å². The molecule has 1 N–H and O–H groups in total. The summed E-state index contributed by atoms with van der Waals surface area (Å²) in [5.41, 5.74) is 2.23. The van der Waals surface area contributed by atoms with Crippen molar-refractivity contribution in [2.24, 2.45) is 10.9 Å². The van der Waals surface area contributed by atoms with Gasteiger partial charge in [-0.1, -0.05) is 25.6 Å². The Bertz CT molecular complexity index is 844. The van der Waals surface area contributed by atoms with Gasteiger partial charge < -0.3 is 10.2 Å². The first-order valence-corrected chi connectivity index (χ1v) is 11.9. The Hall–Kier alpha value is -1.77. The van der Waals surface area contributed by atoms with Crippen molar-refractivity contribution < 1.29 is 4.21 Å². The molecule has 3 heterocycles. The number of hydrogen-bond acceptors (Lipinski definition) is 4. The van der Waals surface area contributed by atoms with Crippen molar-refractivity contribution >= 4 is 32.8 Å². The van der Waals surface area contributed by atoms with Crippen LogP contribution in [0.1, 0.15) is 25.3 Å². The number of nitrogens with one attached hydrogen (secondary N) is 1. The molecule has 1 unspecified atom stereocenters. The van der Waals surface area contributed by atoms with Crippen LogP contribution in [0.15, 0.2) is 64.3 Å². The molecule has 156 valence electrons. The summed E-state index contributed by atoms with van der Waals surface area (Å²) >= 11 is 3.61. The van der Waals surface area contributed by atoms with Gasteiger partial charge in [-0.2, -0.15) is 0 Å². The Morgan fingerprint density at radius 2 is 2.24 bits per heavy atom. The number of piperidine rings is 1. The molecule has 1 fully saturated rings. The molecule has 1 saturated heterocycles. The summed E-state index contributed by atoms with van der Waals surface area (Å²) in [7, 11) is 1.13. The summed E-state index contributed by atoms with van der Waals surface area (Å²) in [6.45, 7) is 8.13. The van der Waals surface area contributed by atoms with E-state index in [0.29, 0.717) is 18.2 Å². The van der Waals surface area contributed by atoms with E-state index in [1.807, 2.05) is 37.2 Å². The summed E-state index contributed by atoms with van der Waals surface area (Å²) in [6, 6.07) is 3.96. The van der Waals surface area contributed by atoms with Gasteiger partial charge in [0.25, 0.3) is 0 Å². The normalized spacial score (nSPS) is 22.8. The minimum absolute atomic E-state index is 0.387. The average molecular weight is 478 g/mol. The highest BCUT2D eigenvalue weighted by atomic mass is 79.9. The fourth-order valence-electron chi connectivity index (χ4n) is 3.51. The van der Waals surface area contributed by atoms with Crippen LogP contribution < -0.4 is 5.32 Å². The average Bonchev–Trinajstić information content (AvgIpc) is 2.78. The number of hydrogen-bond donors (Lipinski definition) is 1. The maximum Gasteiger partial charge on any atom is 0.130 e. The Morgan fingerprint density at radius 1 is 1.48 bits per heavy atom. The number of amidine groups is 1. The molecule has 0 saturated carbocycles. The third-order valence-electron chi connectivity index (χ3n) is 5.21. The first kappa shape index (κ1) is 21.9. The second-order valence-corrected chi connectivity index (χ2v) is 9.62. The molecular weight excluding hydrogens is 450 g/mol. The van der Waals surface area contributed by atoms with Gasteiger partial charge in [0.05, 0.1) is 22.0 Å². The molecule has 0 amide bonds. The smallest absolute Gasteiger partial charge is 0.130 e. The lowest BCUT2D eigenvalue weighted by Gasteiger charge is -2.37. The summed E-state index contributed by atoms with van der Waals surface area (Å²) in [6.07, 6.45) is 9.49. The minimum atomic E-state index is -0.861. The van der Waals surface area contributed by atoms with E-state index in [0.717, 1.165) is 53.3 Å². The summed E-state index contributed by atoms with van der Waals surface area (Å²) in [5.74, 6) is 2.90. The SMILES string of the molecule is C=C/C(Br)=C1/NC(C2CCN(S(=O)CC)CC2)=CC(=NCc2cccnc2)N1C. The number of rotatable bonds is 6. The highest BCUT2D eigenvalue weighted by Gasteiger charge is 2.29. The van der Waals surface area contributed by atoms with Crippen LogP contribution in [-0.2, 0) is 17.5 Å². The molecule has 1 aromatic heterocycles. The minimum Gasteiger partial charge on any atom is -0.344 e. The maximum absolute atomic E-state index is 12.1. The molecular formula is C21H28BrN5OS. The number of likely N-dealkylation sites (N-methyl/N-ethyl adjacent to an activating group) is 1. The Labute approximate surface area is 184 Å². The predicted molar refractivity (Wildman–Crippen MR) is 123 cm³/mol. The number of halogens is 1. The van der Waals surface area contributed by atoms with E-state index in [9.17, 15) is 4.21 Å². The van der Waals surface area contributed by atoms with E-state index in [1.54, 1.807) is 12.3 Å². The lowest BCUT2D eigenvalue weighted by atomic mass is 9.93. The second-order valence-electron chi connectivity index (χ2n) is 7.03. The molecule has 0 spiro atoms. The van der Waals surface area contributed by atoms with E-state index in [2.05, 4.69) is 43.2 Å². The zero-order chi connectivity index (χ0) is 20.8. The van der Waals surface area contributed by atoms with Crippen LogP contribution in [0.25, 0.3) is 0 Å². The molecule has 1 aromatic rings. The molecule has 29 heavy (non-hydrogen) atoms. The van der Waals surface area contributed by atoms with E-state index in [1.165, 1.54) is 0 Å². The van der Waals surface area contributed by atoms with Gasteiger partial charge in [-0.05, 0) is 40.4 Å². The fourth-order valence-corrected chi connectivity index (χ4v) is 4.86. The standard InChI is InChI=1S/C21H28BrN5OS/c1-4-18(22)21-25-19(17-8-11-27(12-9-17)29(28)5-2)13-20(26(21)3)24-15-16-7-6-10-23-14-16/h4,6-7,10,13-14,17,25H,1,5,8-9,11-12,15H2,2-3H3/b21-18+,24-20?. The van der Waals surface area contributed by atoms with E-state index < -0.39 is 11.0 Å². The first-order chi connectivity index (χ1) is 14.0. The van der Waals surface area contributed by atoms with Crippen molar-refractivity contribution in [2.45, 2.75) is 26.3 Å². The van der Waals surface area contributed by atoms with E-state index >= 15 is 0 Å². The van der Waals surface area contributed by atoms with Crippen LogP contribution in [-0.4, -0.2) is 50.1 Å². The molecule has 2 aliphatic rings. The van der Waals surface area contributed by atoms with Gasteiger partial charge in [-0.15, -0.1) is 0 Å². The largest absolute Gasteiger partial charge is 0.344 e. The van der Waals surface area contributed by atoms with Crippen LogP contribution in [0.4, 0.5) is 0 Å². The molecule has 2 aliphatic heterocycles. The number of aromatic nitrogens is 1. The third kappa shape index (κ3) is 5.43. The molecule has 0 aliphatic carbocycles. The molecule has 0 radical (unpaired) electrons. The topological polar surface area (TPSA) is 60.8 Å². The predicted octanol–water partition coefficient (Wildman–Crippen LogP) is 3.54.